The van der Waals surface area contributed by atoms with E-state index in [1.165, 1.54) is 29.5 Å². The normalized spacial score (nSPS) is 13.0. The molecule has 0 N–H and O–H groups in total. The Hall–Kier alpha value is -1.18. The van der Waals surface area contributed by atoms with Gasteiger partial charge in [0.2, 0.25) is 0 Å². The summed E-state index contributed by atoms with van der Waals surface area (Å²) in [6.45, 7) is 2.85. The van der Waals surface area contributed by atoms with Crippen LogP contribution in [0.5, 0.6) is 5.75 Å². The van der Waals surface area contributed by atoms with Crippen molar-refractivity contribution < 1.29 is 4.74 Å². The molecular formula is C18H22Cl2O. The summed E-state index contributed by atoms with van der Waals surface area (Å²) in [5, 5.41) is 0. The number of hydrogen-bond donors (Lipinski definition) is 0. The van der Waals surface area contributed by atoms with Crippen LogP contribution in [0.15, 0.2) is 48.5 Å². The summed E-state index contributed by atoms with van der Waals surface area (Å²) in [5.41, 5.74) is 4.10. The van der Waals surface area contributed by atoms with Crippen LogP contribution in [-0.4, -0.2) is 6.61 Å². The first-order valence-corrected chi connectivity index (χ1v) is 7.09. The molecule has 0 amide bonds. The van der Waals surface area contributed by atoms with Crippen molar-refractivity contribution >= 4 is 24.8 Å². The summed E-state index contributed by atoms with van der Waals surface area (Å²) < 4.78 is 5.80. The van der Waals surface area contributed by atoms with E-state index in [1.807, 2.05) is 0 Å². The van der Waals surface area contributed by atoms with E-state index in [-0.39, 0.29) is 24.8 Å². The molecule has 0 saturated heterocycles. The molecule has 1 aliphatic rings. The molecule has 1 nitrogen and oxygen atoms in total. The van der Waals surface area contributed by atoms with Gasteiger partial charge in [-0.05, 0) is 48.9 Å². The maximum atomic E-state index is 5.80. The van der Waals surface area contributed by atoms with Crippen LogP contribution in [0, 0.1) is 6.92 Å². The standard InChI is InChI=1S/C18H20O.2ClH/c1-14-2-4-15(5-3-14)12-13-19-18-10-8-17(9-11-18)16-6-7-16;;/h2-5,8-11,16H,6-7,12-13H2,1H3;2*1H. The van der Waals surface area contributed by atoms with Crippen molar-refractivity contribution in [2.24, 2.45) is 0 Å². The smallest absolute Gasteiger partial charge is 0.119 e. The van der Waals surface area contributed by atoms with Gasteiger partial charge in [-0.25, -0.2) is 0 Å². The molecule has 0 bridgehead atoms. The van der Waals surface area contributed by atoms with E-state index in [0.29, 0.717) is 0 Å². The number of benzene rings is 2. The first kappa shape index (κ1) is 17.9. The monoisotopic (exact) mass is 324 g/mol. The van der Waals surface area contributed by atoms with Crippen molar-refractivity contribution in [3.63, 3.8) is 0 Å². The zero-order valence-corrected chi connectivity index (χ0v) is 13.9. The van der Waals surface area contributed by atoms with E-state index < -0.39 is 0 Å². The van der Waals surface area contributed by atoms with E-state index in [9.17, 15) is 0 Å². The van der Waals surface area contributed by atoms with Crippen molar-refractivity contribution in [3.8, 4) is 5.75 Å². The van der Waals surface area contributed by atoms with Gasteiger partial charge in [-0.1, -0.05) is 42.0 Å². The fourth-order valence-corrected chi connectivity index (χ4v) is 2.29. The highest BCUT2D eigenvalue weighted by Crippen LogP contribution is 2.40. The molecule has 0 radical (unpaired) electrons. The molecule has 1 fully saturated rings. The van der Waals surface area contributed by atoms with Crippen molar-refractivity contribution in [1.82, 2.24) is 0 Å². The van der Waals surface area contributed by atoms with Gasteiger partial charge in [-0.15, -0.1) is 24.8 Å². The average Bonchev–Trinajstić information content (AvgIpc) is 3.26. The lowest BCUT2D eigenvalue weighted by Gasteiger charge is -2.07. The largest absolute Gasteiger partial charge is 0.493 e. The Bertz CT molecular complexity index is 530. The summed E-state index contributed by atoms with van der Waals surface area (Å²) >= 11 is 0. The average molecular weight is 325 g/mol. The van der Waals surface area contributed by atoms with Gasteiger partial charge in [-0.2, -0.15) is 0 Å². The fourth-order valence-electron chi connectivity index (χ4n) is 2.29. The molecule has 1 aliphatic carbocycles. The molecule has 2 aromatic carbocycles. The highest BCUT2D eigenvalue weighted by atomic mass is 35.5. The van der Waals surface area contributed by atoms with E-state index >= 15 is 0 Å². The van der Waals surface area contributed by atoms with Crippen LogP contribution in [0.1, 0.15) is 35.4 Å². The quantitative estimate of drug-likeness (QED) is 0.721. The molecule has 21 heavy (non-hydrogen) atoms. The predicted octanol–water partition coefficient (Wildman–Crippen LogP) is 5.34. The van der Waals surface area contributed by atoms with E-state index in [0.717, 1.165) is 24.7 Å². The van der Waals surface area contributed by atoms with Gasteiger partial charge in [0.25, 0.3) is 0 Å². The summed E-state index contributed by atoms with van der Waals surface area (Å²) in [6.07, 6.45) is 3.67. The van der Waals surface area contributed by atoms with E-state index in [4.69, 9.17) is 4.74 Å². The molecule has 1 saturated carbocycles. The first-order chi connectivity index (χ1) is 9.31. The Balaban J connectivity index is 0.00000110. The summed E-state index contributed by atoms with van der Waals surface area (Å²) in [5.74, 6) is 1.80. The second-order valence-corrected chi connectivity index (χ2v) is 5.43. The highest BCUT2D eigenvalue weighted by Gasteiger charge is 2.22. The maximum Gasteiger partial charge on any atom is 0.119 e. The van der Waals surface area contributed by atoms with Crippen LogP contribution in [0.25, 0.3) is 0 Å². The lowest BCUT2D eigenvalue weighted by molar-refractivity contribution is 0.322. The van der Waals surface area contributed by atoms with E-state index in [1.54, 1.807) is 0 Å². The minimum atomic E-state index is 0. The van der Waals surface area contributed by atoms with Crippen LogP contribution in [0.4, 0.5) is 0 Å². The lowest BCUT2D eigenvalue weighted by Crippen LogP contribution is -2.01. The number of aryl methyl sites for hydroxylation is 1. The minimum absolute atomic E-state index is 0. The SMILES string of the molecule is Cc1ccc(CCOc2ccc(C3CC3)cc2)cc1.Cl.Cl. The number of hydrogen-bond acceptors (Lipinski definition) is 1. The van der Waals surface area contributed by atoms with Gasteiger partial charge >= 0.3 is 0 Å². The van der Waals surface area contributed by atoms with Gasteiger partial charge in [0.05, 0.1) is 6.61 Å². The van der Waals surface area contributed by atoms with Gasteiger partial charge in [-0.3, -0.25) is 0 Å². The third kappa shape index (κ3) is 5.26. The van der Waals surface area contributed by atoms with Gasteiger partial charge in [0, 0.05) is 6.42 Å². The number of halogens is 2. The molecule has 0 spiro atoms. The van der Waals surface area contributed by atoms with Gasteiger partial charge in [0.1, 0.15) is 5.75 Å². The number of ether oxygens (including phenoxy) is 1. The zero-order chi connectivity index (χ0) is 13.1. The summed E-state index contributed by atoms with van der Waals surface area (Å²) in [4.78, 5) is 0. The van der Waals surface area contributed by atoms with Crippen LogP contribution in [-0.2, 0) is 6.42 Å². The number of rotatable bonds is 5. The molecule has 0 aromatic heterocycles. The topological polar surface area (TPSA) is 9.23 Å². The molecule has 114 valence electrons. The molecule has 3 rings (SSSR count). The highest BCUT2D eigenvalue weighted by molar-refractivity contribution is 5.85. The Morgan fingerprint density at radius 3 is 2.10 bits per heavy atom. The Morgan fingerprint density at radius 1 is 0.905 bits per heavy atom. The Kier molecular flexibility index (Phi) is 7.07. The minimum Gasteiger partial charge on any atom is -0.493 e. The third-order valence-electron chi connectivity index (χ3n) is 3.71. The summed E-state index contributed by atoms with van der Waals surface area (Å²) in [7, 11) is 0. The van der Waals surface area contributed by atoms with Crippen LogP contribution >= 0.6 is 24.8 Å². The Labute approximate surface area is 139 Å². The van der Waals surface area contributed by atoms with Crippen LogP contribution in [0.2, 0.25) is 0 Å². The van der Waals surface area contributed by atoms with E-state index in [2.05, 4.69) is 55.5 Å². The maximum absolute atomic E-state index is 5.80. The van der Waals surface area contributed by atoms with Crippen molar-refractivity contribution in [2.75, 3.05) is 6.61 Å². The lowest BCUT2D eigenvalue weighted by atomic mass is 10.1. The van der Waals surface area contributed by atoms with Gasteiger partial charge < -0.3 is 4.74 Å². The Morgan fingerprint density at radius 2 is 1.52 bits per heavy atom. The second kappa shape index (κ2) is 8.31. The van der Waals surface area contributed by atoms with Crippen molar-refractivity contribution in [3.05, 3.63) is 65.2 Å². The molecule has 2 aromatic rings. The molecule has 0 heterocycles. The van der Waals surface area contributed by atoms with Crippen LogP contribution < -0.4 is 4.74 Å². The second-order valence-electron chi connectivity index (χ2n) is 5.43. The summed E-state index contributed by atoms with van der Waals surface area (Å²) in [6, 6.07) is 17.3. The molecule has 0 aliphatic heterocycles. The fraction of sp³-hybridized carbons (Fsp3) is 0.333. The molecular weight excluding hydrogens is 303 g/mol. The molecule has 0 atom stereocenters. The van der Waals surface area contributed by atoms with Gasteiger partial charge in [0.15, 0.2) is 0 Å². The zero-order valence-electron chi connectivity index (χ0n) is 12.2. The first-order valence-electron chi connectivity index (χ1n) is 7.09. The van der Waals surface area contributed by atoms with Crippen LogP contribution in [0.3, 0.4) is 0 Å². The molecule has 0 unspecified atom stereocenters. The third-order valence-corrected chi connectivity index (χ3v) is 3.71. The van der Waals surface area contributed by atoms with Crippen molar-refractivity contribution in [2.45, 2.75) is 32.1 Å². The van der Waals surface area contributed by atoms with Crippen molar-refractivity contribution in [1.29, 1.82) is 0 Å². The predicted molar refractivity (Wildman–Crippen MR) is 93.3 cm³/mol. The molecule has 3 heteroatoms.